The van der Waals surface area contributed by atoms with E-state index in [2.05, 4.69) is 24.9 Å². The minimum absolute atomic E-state index is 0.0491. The first-order valence-corrected chi connectivity index (χ1v) is 10.5. The van der Waals surface area contributed by atoms with E-state index in [1.165, 1.54) is 13.8 Å². The molecular weight excluding hydrogens is 389 g/mol. The van der Waals surface area contributed by atoms with E-state index in [-0.39, 0.29) is 23.9 Å². The van der Waals surface area contributed by atoms with Crippen molar-refractivity contribution in [3.8, 4) is 11.4 Å². The highest BCUT2D eigenvalue weighted by molar-refractivity contribution is 5.81. The average Bonchev–Trinajstić information content (AvgIpc) is 3.25. The number of piperazine rings is 1. The zero-order valence-electron chi connectivity index (χ0n) is 17.3. The van der Waals surface area contributed by atoms with Crippen molar-refractivity contribution in [3.63, 3.8) is 0 Å². The lowest BCUT2D eigenvalue weighted by atomic mass is 9.84. The molecule has 0 N–H and O–H groups in total. The third-order valence-corrected chi connectivity index (χ3v) is 6.28. The number of rotatable bonds is 4. The fourth-order valence-corrected chi connectivity index (χ4v) is 4.60. The molecule has 6 heterocycles. The molecular formula is C21H26FN5O3. The molecule has 6 rings (SSSR count). The maximum atomic E-state index is 14.0. The van der Waals surface area contributed by atoms with E-state index >= 15 is 0 Å². The molecule has 0 spiro atoms. The van der Waals surface area contributed by atoms with Crippen LogP contribution in [-0.2, 0) is 15.2 Å². The maximum Gasteiger partial charge on any atom is 0.264 e. The topological polar surface area (TPSA) is 84.6 Å². The Morgan fingerprint density at radius 2 is 1.93 bits per heavy atom. The summed E-state index contributed by atoms with van der Waals surface area (Å²) in [6.07, 6.45) is 4.41. The van der Waals surface area contributed by atoms with Crippen molar-refractivity contribution >= 4 is 11.7 Å². The lowest BCUT2D eigenvalue weighted by molar-refractivity contribution is -0.153. The molecule has 4 aliphatic rings. The number of alkyl halides is 1. The number of anilines is 1. The second-order valence-electron chi connectivity index (χ2n) is 8.88. The SMILES string of the molecule is CC(C)(F)c1nc(-c2ccc(N3CC4CC(C3)N4C(=O)C3CCOCC3)nc2)no1. The van der Waals surface area contributed by atoms with Crippen LogP contribution in [0.1, 0.15) is 39.0 Å². The molecule has 2 unspecified atom stereocenters. The summed E-state index contributed by atoms with van der Waals surface area (Å²) in [6, 6.07) is 4.30. The molecule has 2 aromatic rings. The normalized spacial score (nSPS) is 24.6. The van der Waals surface area contributed by atoms with Gasteiger partial charge in [-0.15, -0.1) is 0 Å². The van der Waals surface area contributed by atoms with Crippen molar-refractivity contribution in [3.05, 3.63) is 24.2 Å². The van der Waals surface area contributed by atoms with E-state index in [4.69, 9.17) is 9.26 Å². The highest BCUT2D eigenvalue weighted by Gasteiger charge is 2.48. The number of ether oxygens (including phenoxy) is 1. The van der Waals surface area contributed by atoms with Crippen LogP contribution in [0.3, 0.4) is 0 Å². The first-order chi connectivity index (χ1) is 14.4. The second kappa shape index (κ2) is 7.30. The van der Waals surface area contributed by atoms with Gasteiger partial charge in [-0.25, -0.2) is 9.37 Å². The Hall–Kier alpha value is -2.55. The minimum atomic E-state index is -1.68. The first kappa shape index (κ1) is 19.4. The molecule has 0 radical (unpaired) electrons. The molecule has 4 saturated heterocycles. The number of carbonyl (C=O) groups excluding carboxylic acids is 1. The van der Waals surface area contributed by atoms with E-state index in [9.17, 15) is 9.18 Å². The predicted octanol–water partition coefficient (Wildman–Crippen LogP) is 2.55. The van der Waals surface area contributed by atoms with E-state index in [0.717, 1.165) is 38.2 Å². The Morgan fingerprint density at radius 1 is 1.20 bits per heavy atom. The van der Waals surface area contributed by atoms with Crippen molar-refractivity contribution in [2.75, 3.05) is 31.2 Å². The number of piperidine rings is 1. The molecule has 9 heteroatoms. The van der Waals surface area contributed by atoms with Crippen LogP contribution in [0.15, 0.2) is 22.9 Å². The second-order valence-corrected chi connectivity index (χ2v) is 8.88. The molecule has 1 amide bonds. The van der Waals surface area contributed by atoms with Crippen LogP contribution >= 0.6 is 0 Å². The zero-order chi connectivity index (χ0) is 20.9. The van der Waals surface area contributed by atoms with Gasteiger partial charge in [-0.2, -0.15) is 4.98 Å². The van der Waals surface area contributed by atoms with Crippen LogP contribution in [0.5, 0.6) is 0 Å². The molecule has 4 aliphatic heterocycles. The monoisotopic (exact) mass is 415 g/mol. The van der Waals surface area contributed by atoms with Gasteiger partial charge in [0.2, 0.25) is 11.7 Å². The summed E-state index contributed by atoms with van der Waals surface area (Å²) in [5.74, 6) is 1.55. The summed E-state index contributed by atoms with van der Waals surface area (Å²) in [5, 5.41) is 3.86. The third-order valence-electron chi connectivity index (χ3n) is 6.28. The minimum Gasteiger partial charge on any atom is -0.381 e. The van der Waals surface area contributed by atoms with Gasteiger partial charge in [0, 0.05) is 44.0 Å². The molecule has 8 nitrogen and oxygen atoms in total. The highest BCUT2D eigenvalue weighted by Crippen LogP contribution is 2.36. The van der Waals surface area contributed by atoms with Gasteiger partial charge < -0.3 is 19.1 Å². The number of carbonyl (C=O) groups is 1. The number of hydrogen-bond acceptors (Lipinski definition) is 7. The van der Waals surface area contributed by atoms with Gasteiger partial charge in [-0.3, -0.25) is 4.79 Å². The Bertz CT molecular complexity index is 907. The molecule has 0 saturated carbocycles. The van der Waals surface area contributed by atoms with Crippen LogP contribution in [0.25, 0.3) is 11.4 Å². The molecule has 4 fully saturated rings. The Labute approximate surface area is 174 Å². The number of halogens is 1. The van der Waals surface area contributed by atoms with Gasteiger partial charge >= 0.3 is 0 Å². The average molecular weight is 415 g/mol. The van der Waals surface area contributed by atoms with Crippen molar-refractivity contribution in [2.45, 2.75) is 50.9 Å². The van der Waals surface area contributed by atoms with Crippen LogP contribution in [0.4, 0.5) is 10.2 Å². The summed E-state index contributed by atoms with van der Waals surface area (Å²) < 4.78 is 24.4. The van der Waals surface area contributed by atoms with Gasteiger partial charge in [-0.1, -0.05) is 5.16 Å². The number of amides is 1. The summed E-state index contributed by atoms with van der Waals surface area (Å²) in [7, 11) is 0. The number of fused-ring (bicyclic) bond motifs is 2. The van der Waals surface area contributed by atoms with Gasteiger partial charge in [0.1, 0.15) is 5.82 Å². The Balaban J connectivity index is 1.24. The molecule has 2 bridgehead atoms. The smallest absolute Gasteiger partial charge is 0.264 e. The van der Waals surface area contributed by atoms with E-state index in [0.29, 0.717) is 30.5 Å². The number of pyridine rings is 1. The molecule has 0 aromatic carbocycles. The number of nitrogens with zero attached hydrogens (tertiary/aromatic N) is 5. The van der Waals surface area contributed by atoms with Crippen LogP contribution in [0, 0.1) is 5.92 Å². The van der Waals surface area contributed by atoms with Crippen molar-refractivity contribution in [2.24, 2.45) is 5.92 Å². The van der Waals surface area contributed by atoms with Crippen molar-refractivity contribution in [1.29, 1.82) is 0 Å². The first-order valence-electron chi connectivity index (χ1n) is 10.5. The van der Waals surface area contributed by atoms with Gasteiger partial charge in [-0.05, 0) is 45.2 Å². The molecule has 2 atom stereocenters. The summed E-state index contributed by atoms with van der Waals surface area (Å²) in [6.45, 7) is 5.71. The van der Waals surface area contributed by atoms with Gasteiger partial charge in [0.15, 0.2) is 5.67 Å². The Kier molecular flexibility index (Phi) is 4.72. The maximum absolute atomic E-state index is 14.0. The fourth-order valence-electron chi connectivity index (χ4n) is 4.60. The summed E-state index contributed by atoms with van der Waals surface area (Å²) >= 11 is 0. The van der Waals surface area contributed by atoms with Crippen molar-refractivity contribution in [1.82, 2.24) is 20.0 Å². The summed E-state index contributed by atoms with van der Waals surface area (Å²) in [5.41, 5.74) is -1.00. The van der Waals surface area contributed by atoms with E-state index in [1.807, 2.05) is 12.1 Å². The highest BCUT2D eigenvalue weighted by atomic mass is 19.1. The quantitative estimate of drug-likeness (QED) is 0.759. The van der Waals surface area contributed by atoms with Gasteiger partial charge in [0.25, 0.3) is 5.89 Å². The van der Waals surface area contributed by atoms with Crippen LogP contribution < -0.4 is 4.90 Å². The number of hydrogen-bond donors (Lipinski definition) is 0. The van der Waals surface area contributed by atoms with E-state index < -0.39 is 5.67 Å². The molecule has 30 heavy (non-hydrogen) atoms. The van der Waals surface area contributed by atoms with Crippen LogP contribution in [0.2, 0.25) is 0 Å². The van der Waals surface area contributed by atoms with Crippen LogP contribution in [-0.4, -0.2) is 64.3 Å². The fraction of sp³-hybridized carbons (Fsp3) is 0.619. The van der Waals surface area contributed by atoms with Gasteiger partial charge in [0.05, 0.1) is 12.1 Å². The van der Waals surface area contributed by atoms with E-state index in [1.54, 1.807) is 6.20 Å². The molecule has 0 aliphatic carbocycles. The lowest BCUT2D eigenvalue weighted by Gasteiger charge is -2.57. The van der Waals surface area contributed by atoms with Crippen molar-refractivity contribution < 1.29 is 18.4 Å². The lowest BCUT2D eigenvalue weighted by Crippen LogP contribution is -2.71. The standard InChI is InChI=1S/C21H26FN5O3/c1-21(2,22)20-24-18(25-30-20)14-3-4-17(23-10-14)26-11-15-9-16(12-26)27(15)19(28)13-5-7-29-8-6-13/h3-4,10,13,15-16H,5-9,11-12H2,1-2H3. The number of aromatic nitrogens is 3. The Morgan fingerprint density at radius 3 is 2.53 bits per heavy atom. The third kappa shape index (κ3) is 3.45. The molecule has 160 valence electrons. The largest absolute Gasteiger partial charge is 0.381 e. The predicted molar refractivity (Wildman–Crippen MR) is 106 cm³/mol. The zero-order valence-corrected chi connectivity index (χ0v) is 17.3. The summed E-state index contributed by atoms with van der Waals surface area (Å²) in [4.78, 5) is 25.9. The molecule has 2 aromatic heterocycles.